The van der Waals surface area contributed by atoms with Crippen molar-refractivity contribution in [3.63, 3.8) is 0 Å². The maximum absolute atomic E-state index is 11.9. The van der Waals surface area contributed by atoms with Gasteiger partial charge in [-0.2, -0.15) is 11.8 Å². The molecule has 0 fully saturated rings. The SMILES string of the molecule is F[B-](F)(F)CSc1ccccc1Br. The van der Waals surface area contributed by atoms with Crippen molar-refractivity contribution < 1.29 is 12.9 Å². The van der Waals surface area contributed by atoms with Gasteiger partial charge in [-0.25, -0.2) is 0 Å². The molecule has 1 aromatic rings. The van der Waals surface area contributed by atoms with E-state index in [4.69, 9.17) is 0 Å². The lowest BCUT2D eigenvalue weighted by molar-refractivity contribution is 0.485. The third-order valence-electron chi connectivity index (χ3n) is 1.26. The van der Waals surface area contributed by atoms with E-state index in [0.717, 1.165) is 11.8 Å². The van der Waals surface area contributed by atoms with E-state index in [0.29, 0.717) is 9.37 Å². The summed E-state index contributed by atoms with van der Waals surface area (Å²) in [6.45, 7) is -4.70. The molecule has 0 amide bonds. The van der Waals surface area contributed by atoms with Gasteiger partial charge in [-0.3, -0.25) is 0 Å². The molecule has 0 N–H and O–H groups in total. The lowest BCUT2D eigenvalue weighted by Gasteiger charge is -2.13. The Morgan fingerprint density at radius 3 is 2.38 bits per heavy atom. The molecule has 0 aromatic heterocycles. The van der Waals surface area contributed by atoms with Gasteiger partial charge in [0, 0.05) is 9.37 Å². The van der Waals surface area contributed by atoms with E-state index >= 15 is 0 Å². The van der Waals surface area contributed by atoms with Gasteiger partial charge in [0.05, 0.1) is 0 Å². The molecule has 0 radical (unpaired) electrons. The van der Waals surface area contributed by atoms with Gasteiger partial charge in [-0.1, -0.05) is 12.1 Å². The normalized spacial score (nSPS) is 11.7. The van der Waals surface area contributed by atoms with Gasteiger partial charge in [-0.15, -0.1) is 0 Å². The quantitative estimate of drug-likeness (QED) is 0.592. The van der Waals surface area contributed by atoms with Gasteiger partial charge < -0.3 is 12.9 Å². The predicted octanol–water partition coefficient (Wildman–Crippen LogP) is 3.93. The zero-order valence-electron chi connectivity index (χ0n) is 6.51. The van der Waals surface area contributed by atoms with Crippen molar-refractivity contribution in [3.8, 4) is 0 Å². The second kappa shape index (κ2) is 4.42. The Bertz CT molecular complexity index is 289. The minimum absolute atomic E-state index is 0.627. The summed E-state index contributed by atoms with van der Waals surface area (Å²) in [6, 6.07) is 6.88. The monoisotopic (exact) mass is 269 g/mol. The van der Waals surface area contributed by atoms with Crippen LogP contribution in [0.5, 0.6) is 0 Å². The van der Waals surface area contributed by atoms with Crippen LogP contribution in [0.15, 0.2) is 33.6 Å². The van der Waals surface area contributed by atoms with Crippen molar-refractivity contribution in [1.82, 2.24) is 0 Å². The van der Waals surface area contributed by atoms with E-state index in [1.165, 1.54) is 0 Å². The molecule has 0 saturated heterocycles. The van der Waals surface area contributed by atoms with E-state index in [1.54, 1.807) is 24.3 Å². The molecule has 0 aliphatic carbocycles. The third kappa shape index (κ3) is 4.09. The Morgan fingerprint density at radius 2 is 1.85 bits per heavy atom. The average molecular weight is 270 g/mol. The first-order chi connectivity index (χ1) is 5.99. The van der Waals surface area contributed by atoms with Crippen LogP contribution in [0.3, 0.4) is 0 Å². The minimum atomic E-state index is -4.70. The molecule has 1 rings (SSSR count). The summed E-state index contributed by atoms with van der Waals surface area (Å²) in [4.78, 5) is 0.627. The van der Waals surface area contributed by atoms with Crippen molar-refractivity contribution >= 4 is 34.7 Å². The molecule has 0 aliphatic heterocycles. The summed E-state index contributed by atoms with van der Waals surface area (Å²) in [5, 5.41) is 0. The van der Waals surface area contributed by atoms with Crippen molar-refractivity contribution in [3.05, 3.63) is 28.7 Å². The summed E-state index contributed by atoms with van der Waals surface area (Å²) in [5.41, 5.74) is -0.789. The molecular formula is C7H6BBrF3S-. The van der Waals surface area contributed by atoms with E-state index in [1.807, 2.05) is 0 Å². The summed E-state index contributed by atoms with van der Waals surface area (Å²) < 4.78 is 36.4. The summed E-state index contributed by atoms with van der Waals surface area (Å²) in [5.74, 6) is 0. The first-order valence-corrected chi connectivity index (χ1v) is 5.35. The van der Waals surface area contributed by atoms with Gasteiger partial charge >= 0.3 is 6.98 Å². The minimum Gasteiger partial charge on any atom is -0.448 e. The molecule has 0 atom stereocenters. The van der Waals surface area contributed by atoms with Gasteiger partial charge in [0.25, 0.3) is 0 Å². The fourth-order valence-electron chi connectivity index (χ4n) is 0.746. The lowest BCUT2D eigenvalue weighted by atomic mass is 9.98. The molecule has 0 bridgehead atoms. The second-order valence-electron chi connectivity index (χ2n) is 2.45. The van der Waals surface area contributed by atoms with Crippen molar-refractivity contribution in [2.24, 2.45) is 0 Å². The standard InChI is InChI=1S/C7H6BBrF3S/c9-6-3-1-2-4-7(6)13-5-8(10,11)12/h1-4H,5H2/q-1. The molecule has 0 spiro atoms. The van der Waals surface area contributed by atoms with Crippen LogP contribution in [-0.4, -0.2) is 12.6 Å². The maximum Gasteiger partial charge on any atom is 0.488 e. The first kappa shape index (κ1) is 11.0. The van der Waals surface area contributed by atoms with Crippen LogP contribution in [-0.2, 0) is 0 Å². The van der Waals surface area contributed by atoms with Crippen LogP contribution in [0.4, 0.5) is 12.9 Å². The van der Waals surface area contributed by atoms with Crippen molar-refractivity contribution in [1.29, 1.82) is 0 Å². The zero-order valence-corrected chi connectivity index (χ0v) is 8.92. The molecule has 0 nitrogen and oxygen atoms in total. The predicted molar refractivity (Wildman–Crippen MR) is 53.9 cm³/mol. The largest absolute Gasteiger partial charge is 0.488 e. The number of thioether (sulfide) groups is 1. The maximum atomic E-state index is 11.9. The Hall–Kier alpha value is -0.0951. The molecule has 1 aromatic carbocycles. The fourth-order valence-corrected chi connectivity index (χ4v) is 2.12. The molecule has 6 heteroatoms. The third-order valence-corrected chi connectivity index (χ3v) is 3.43. The van der Waals surface area contributed by atoms with Crippen LogP contribution in [0, 0.1) is 0 Å². The van der Waals surface area contributed by atoms with Gasteiger partial charge in [0.1, 0.15) is 0 Å². The number of hydrogen-bond donors (Lipinski definition) is 0. The lowest BCUT2D eigenvalue weighted by Crippen LogP contribution is -2.18. The van der Waals surface area contributed by atoms with Crippen LogP contribution in [0.25, 0.3) is 0 Å². The molecule has 72 valence electrons. The zero-order chi connectivity index (χ0) is 9.90. The number of hydrogen-bond acceptors (Lipinski definition) is 1. The first-order valence-electron chi connectivity index (χ1n) is 3.57. The summed E-state index contributed by atoms with van der Waals surface area (Å²) in [6.07, 6.45) is 0. The van der Waals surface area contributed by atoms with Gasteiger partial charge in [0.2, 0.25) is 0 Å². The number of rotatable bonds is 3. The van der Waals surface area contributed by atoms with Gasteiger partial charge in [0.15, 0.2) is 0 Å². The van der Waals surface area contributed by atoms with Crippen LogP contribution < -0.4 is 0 Å². The summed E-state index contributed by atoms with van der Waals surface area (Å²) >= 11 is 3.99. The topological polar surface area (TPSA) is 0 Å². The Morgan fingerprint density at radius 1 is 1.23 bits per heavy atom. The number of halogens is 4. The second-order valence-corrected chi connectivity index (χ2v) is 4.37. The van der Waals surface area contributed by atoms with E-state index in [2.05, 4.69) is 15.9 Å². The molecule has 13 heavy (non-hydrogen) atoms. The van der Waals surface area contributed by atoms with E-state index in [-0.39, 0.29) is 0 Å². The Balaban J connectivity index is 2.60. The highest BCUT2D eigenvalue weighted by atomic mass is 79.9. The molecular weight excluding hydrogens is 264 g/mol. The number of benzene rings is 1. The highest BCUT2D eigenvalue weighted by molar-refractivity contribution is 9.10. The van der Waals surface area contributed by atoms with E-state index < -0.39 is 12.6 Å². The van der Waals surface area contributed by atoms with E-state index in [9.17, 15) is 12.9 Å². The van der Waals surface area contributed by atoms with Crippen LogP contribution in [0.1, 0.15) is 0 Å². The highest BCUT2D eigenvalue weighted by Gasteiger charge is 2.22. The Kier molecular flexibility index (Phi) is 3.73. The fraction of sp³-hybridized carbons (Fsp3) is 0.143. The average Bonchev–Trinajstić information content (AvgIpc) is 2.01. The molecule has 0 saturated carbocycles. The van der Waals surface area contributed by atoms with Crippen LogP contribution in [0.2, 0.25) is 0 Å². The van der Waals surface area contributed by atoms with Crippen molar-refractivity contribution in [2.45, 2.75) is 4.90 Å². The highest BCUT2D eigenvalue weighted by Crippen LogP contribution is 2.29. The Labute approximate surface area is 87.1 Å². The molecule has 0 aliphatic rings. The molecule has 0 heterocycles. The van der Waals surface area contributed by atoms with Crippen LogP contribution >= 0.6 is 27.7 Å². The summed E-state index contributed by atoms with van der Waals surface area (Å²) in [7, 11) is 0. The molecule has 0 unspecified atom stereocenters. The van der Waals surface area contributed by atoms with Gasteiger partial charge in [-0.05, 0) is 33.7 Å². The van der Waals surface area contributed by atoms with Crippen molar-refractivity contribution in [2.75, 3.05) is 5.65 Å². The smallest absolute Gasteiger partial charge is 0.448 e.